The molecule has 2 N–H and O–H groups in total. The molecule has 3 nitrogen and oxygen atoms in total. The van der Waals surface area contributed by atoms with Gasteiger partial charge in [-0.15, -0.1) is 13.2 Å². The summed E-state index contributed by atoms with van der Waals surface area (Å²) in [4.78, 5) is 10.7. The highest BCUT2D eigenvalue weighted by atomic mass is 79.9. The minimum Gasteiger partial charge on any atom is -0.405 e. The summed E-state index contributed by atoms with van der Waals surface area (Å²) in [6.07, 6.45) is -4.77. The number of carbonyl (C=O) groups excluding carboxylic acids is 1. The zero-order valence-corrected chi connectivity index (χ0v) is 8.72. The fourth-order valence-corrected chi connectivity index (χ4v) is 1.32. The van der Waals surface area contributed by atoms with Gasteiger partial charge in [0.15, 0.2) is 0 Å². The first-order valence-corrected chi connectivity index (χ1v) is 4.44. The lowest BCUT2D eigenvalue weighted by molar-refractivity contribution is -0.274. The number of halogens is 4. The highest BCUT2D eigenvalue weighted by Gasteiger charge is 2.31. The monoisotopic (exact) mass is 283 g/mol. The second kappa shape index (κ2) is 4.09. The van der Waals surface area contributed by atoms with Crippen LogP contribution in [0.2, 0.25) is 0 Å². The van der Waals surface area contributed by atoms with Gasteiger partial charge in [0.2, 0.25) is 5.91 Å². The number of rotatable bonds is 2. The maximum atomic E-state index is 11.8. The molecule has 0 unspecified atom stereocenters. The molecule has 1 amide bonds. The van der Waals surface area contributed by atoms with E-state index in [2.05, 4.69) is 20.7 Å². The molecular formula is C8H5BrF3NO2. The number of alkyl halides is 3. The molecule has 0 bridgehead atoms. The molecule has 15 heavy (non-hydrogen) atoms. The van der Waals surface area contributed by atoms with Gasteiger partial charge in [-0.25, -0.2) is 0 Å². The van der Waals surface area contributed by atoms with Crippen molar-refractivity contribution in [3.63, 3.8) is 0 Å². The van der Waals surface area contributed by atoms with Crippen LogP contribution in [0, 0.1) is 0 Å². The Morgan fingerprint density at radius 2 is 2.00 bits per heavy atom. The van der Waals surface area contributed by atoms with Crippen molar-refractivity contribution >= 4 is 21.8 Å². The molecule has 1 rings (SSSR count). The summed E-state index contributed by atoms with van der Waals surface area (Å²) in [5, 5.41) is 0. The molecule has 82 valence electrons. The van der Waals surface area contributed by atoms with Crippen LogP contribution in [0.4, 0.5) is 13.2 Å². The number of ether oxygens (including phenoxy) is 1. The number of nitrogens with two attached hydrogens (primary N) is 1. The van der Waals surface area contributed by atoms with Crippen LogP contribution < -0.4 is 10.5 Å². The third-order valence-corrected chi connectivity index (χ3v) is 2.06. The van der Waals surface area contributed by atoms with Crippen molar-refractivity contribution in [2.24, 2.45) is 5.73 Å². The summed E-state index contributed by atoms with van der Waals surface area (Å²) in [5.74, 6) is -1.15. The van der Waals surface area contributed by atoms with E-state index in [4.69, 9.17) is 5.73 Å². The average Bonchev–Trinajstić information content (AvgIpc) is 2.05. The summed E-state index contributed by atoms with van der Waals surface area (Å²) in [5.41, 5.74) is 5.03. The van der Waals surface area contributed by atoms with Crippen LogP contribution in [0.15, 0.2) is 22.7 Å². The van der Waals surface area contributed by atoms with Gasteiger partial charge < -0.3 is 10.5 Å². The predicted molar refractivity (Wildman–Crippen MR) is 49.3 cm³/mol. The molecule has 7 heteroatoms. The van der Waals surface area contributed by atoms with Crippen LogP contribution in [0.1, 0.15) is 10.4 Å². The fourth-order valence-electron chi connectivity index (χ4n) is 0.862. The van der Waals surface area contributed by atoms with Gasteiger partial charge in [0.1, 0.15) is 5.75 Å². The Kier molecular flexibility index (Phi) is 3.23. The van der Waals surface area contributed by atoms with Gasteiger partial charge in [-0.3, -0.25) is 4.79 Å². The first-order valence-electron chi connectivity index (χ1n) is 3.65. The van der Waals surface area contributed by atoms with Crippen molar-refractivity contribution in [1.29, 1.82) is 0 Å². The largest absolute Gasteiger partial charge is 0.573 e. The molecule has 0 saturated heterocycles. The zero-order chi connectivity index (χ0) is 11.6. The molecule has 0 radical (unpaired) electrons. The van der Waals surface area contributed by atoms with Gasteiger partial charge in [-0.1, -0.05) is 0 Å². The molecule has 0 aliphatic rings. The second-order valence-electron chi connectivity index (χ2n) is 2.56. The number of hydrogen-bond donors (Lipinski definition) is 1. The smallest absolute Gasteiger partial charge is 0.405 e. The predicted octanol–water partition coefficient (Wildman–Crippen LogP) is 2.45. The van der Waals surface area contributed by atoms with Gasteiger partial charge in [-0.05, 0) is 34.1 Å². The summed E-state index contributed by atoms with van der Waals surface area (Å²) in [6.45, 7) is 0. The Bertz CT molecular complexity index is 392. The van der Waals surface area contributed by atoms with Crippen LogP contribution in [-0.2, 0) is 0 Å². The van der Waals surface area contributed by atoms with Crippen molar-refractivity contribution in [3.8, 4) is 5.75 Å². The molecule has 0 aromatic heterocycles. The lowest BCUT2D eigenvalue weighted by atomic mass is 10.2. The fraction of sp³-hybridized carbons (Fsp3) is 0.125. The number of hydrogen-bond acceptors (Lipinski definition) is 2. The van der Waals surface area contributed by atoms with E-state index in [1.54, 1.807) is 0 Å². The van der Waals surface area contributed by atoms with Gasteiger partial charge in [0, 0.05) is 5.56 Å². The molecular weight excluding hydrogens is 279 g/mol. The topological polar surface area (TPSA) is 52.3 Å². The molecule has 0 spiro atoms. The molecule has 0 atom stereocenters. The van der Waals surface area contributed by atoms with Crippen LogP contribution in [-0.4, -0.2) is 12.3 Å². The van der Waals surface area contributed by atoms with E-state index < -0.39 is 18.0 Å². The normalized spacial score (nSPS) is 11.2. The van der Waals surface area contributed by atoms with Crippen LogP contribution >= 0.6 is 15.9 Å². The maximum Gasteiger partial charge on any atom is 0.573 e. The van der Waals surface area contributed by atoms with E-state index in [-0.39, 0.29) is 10.0 Å². The Morgan fingerprint density at radius 3 is 2.40 bits per heavy atom. The maximum absolute atomic E-state index is 11.8. The van der Waals surface area contributed by atoms with E-state index in [0.29, 0.717) is 0 Å². The van der Waals surface area contributed by atoms with E-state index in [1.807, 2.05) is 0 Å². The van der Waals surface area contributed by atoms with Crippen molar-refractivity contribution in [3.05, 3.63) is 28.2 Å². The molecule has 0 aliphatic carbocycles. The number of benzene rings is 1. The SMILES string of the molecule is NC(=O)c1ccc(OC(F)(F)F)c(Br)c1. The number of amides is 1. The number of primary amides is 1. The molecule has 1 aromatic rings. The molecule has 0 aliphatic heterocycles. The first-order chi connectivity index (χ1) is 6.79. The quantitative estimate of drug-likeness (QED) is 0.906. The Hall–Kier alpha value is -1.24. The van der Waals surface area contributed by atoms with Crippen molar-refractivity contribution in [2.45, 2.75) is 6.36 Å². The molecule has 0 saturated carbocycles. The summed E-state index contributed by atoms with van der Waals surface area (Å²) >= 11 is 2.84. The van der Waals surface area contributed by atoms with Crippen molar-refractivity contribution in [2.75, 3.05) is 0 Å². The third kappa shape index (κ3) is 3.43. The average molecular weight is 284 g/mol. The Balaban J connectivity index is 2.99. The summed E-state index contributed by atoms with van der Waals surface area (Å²) < 4.78 is 39.2. The van der Waals surface area contributed by atoms with Gasteiger partial charge in [-0.2, -0.15) is 0 Å². The first kappa shape index (κ1) is 11.8. The molecule has 0 fully saturated rings. The highest BCUT2D eigenvalue weighted by Crippen LogP contribution is 2.30. The van der Waals surface area contributed by atoms with Crippen LogP contribution in [0.25, 0.3) is 0 Å². The minimum atomic E-state index is -4.77. The lowest BCUT2D eigenvalue weighted by Crippen LogP contribution is -2.18. The van der Waals surface area contributed by atoms with Gasteiger partial charge in [0.25, 0.3) is 0 Å². The van der Waals surface area contributed by atoms with E-state index in [0.717, 1.165) is 18.2 Å². The van der Waals surface area contributed by atoms with Gasteiger partial charge in [0.05, 0.1) is 4.47 Å². The molecule has 1 aromatic carbocycles. The van der Waals surface area contributed by atoms with E-state index >= 15 is 0 Å². The lowest BCUT2D eigenvalue weighted by Gasteiger charge is -2.10. The third-order valence-electron chi connectivity index (χ3n) is 1.44. The van der Waals surface area contributed by atoms with E-state index in [9.17, 15) is 18.0 Å². The van der Waals surface area contributed by atoms with Crippen LogP contribution in [0.3, 0.4) is 0 Å². The summed E-state index contributed by atoms with van der Waals surface area (Å²) in [6, 6.07) is 3.31. The van der Waals surface area contributed by atoms with Crippen molar-refractivity contribution < 1.29 is 22.7 Å². The zero-order valence-electron chi connectivity index (χ0n) is 7.14. The Morgan fingerprint density at radius 1 is 1.40 bits per heavy atom. The second-order valence-corrected chi connectivity index (χ2v) is 3.41. The number of carbonyl (C=O) groups is 1. The standard InChI is InChI=1S/C8H5BrF3NO2/c9-5-3-4(7(13)14)1-2-6(5)15-8(10,11)12/h1-3H,(H2,13,14). The van der Waals surface area contributed by atoms with E-state index in [1.165, 1.54) is 0 Å². The summed E-state index contributed by atoms with van der Waals surface area (Å²) in [7, 11) is 0. The Labute approximate surface area is 91.1 Å². The van der Waals surface area contributed by atoms with Crippen LogP contribution in [0.5, 0.6) is 5.75 Å². The molecule has 0 heterocycles. The minimum absolute atomic E-state index is 0.0103. The van der Waals surface area contributed by atoms with Crippen molar-refractivity contribution in [1.82, 2.24) is 0 Å². The highest BCUT2D eigenvalue weighted by molar-refractivity contribution is 9.10. The van der Waals surface area contributed by atoms with Gasteiger partial charge >= 0.3 is 6.36 Å².